The van der Waals surface area contributed by atoms with E-state index < -0.39 is 0 Å². The molecule has 0 aliphatic carbocycles. The molecular formula is C18H16FN3OS. The molecule has 6 heteroatoms. The predicted molar refractivity (Wildman–Crippen MR) is 92.0 cm³/mol. The second kappa shape index (κ2) is 7.88. The van der Waals surface area contributed by atoms with E-state index in [9.17, 15) is 9.18 Å². The molecule has 0 spiro atoms. The third-order valence-electron chi connectivity index (χ3n) is 3.50. The molecule has 0 radical (unpaired) electrons. The molecule has 0 saturated carbocycles. The van der Waals surface area contributed by atoms with Gasteiger partial charge in [-0.1, -0.05) is 30.0 Å². The highest BCUT2D eigenvalue weighted by molar-refractivity contribution is 7.99. The molecule has 4 nitrogen and oxygen atoms in total. The number of Topliss-reactive ketones (excluding diaryl/α,β-unsaturated/α-hetero) is 1. The van der Waals surface area contributed by atoms with E-state index in [4.69, 9.17) is 0 Å². The van der Waals surface area contributed by atoms with Crippen molar-refractivity contribution in [1.29, 1.82) is 0 Å². The minimum absolute atomic E-state index is 0.0279. The summed E-state index contributed by atoms with van der Waals surface area (Å²) in [6.07, 6.45) is 2.84. The Bertz CT molecular complexity index is 803. The first-order valence-corrected chi connectivity index (χ1v) is 8.59. The molecule has 3 rings (SSSR count). The van der Waals surface area contributed by atoms with Gasteiger partial charge in [-0.3, -0.25) is 9.36 Å². The molecule has 0 atom stereocenters. The Morgan fingerprint density at radius 3 is 2.58 bits per heavy atom. The van der Waals surface area contributed by atoms with Crippen LogP contribution in [-0.2, 0) is 0 Å². The van der Waals surface area contributed by atoms with Gasteiger partial charge in [-0.2, -0.15) is 0 Å². The Labute approximate surface area is 143 Å². The minimum Gasteiger partial charge on any atom is -0.294 e. The molecule has 0 saturated heterocycles. The smallest absolute Gasteiger partial charge is 0.195 e. The number of carbonyl (C=O) groups is 1. The van der Waals surface area contributed by atoms with Gasteiger partial charge in [0.2, 0.25) is 0 Å². The van der Waals surface area contributed by atoms with Gasteiger partial charge in [-0.15, -0.1) is 10.2 Å². The molecule has 2 aromatic carbocycles. The minimum atomic E-state index is -0.331. The maximum Gasteiger partial charge on any atom is 0.195 e. The third kappa shape index (κ3) is 4.08. The zero-order chi connectivity index (χ0) is 16.8. The Kier molecular flexibility index (Phi) is 5.38. The Morgan fingerprint density at radius 2 is 1.83 bits per heavy atom. The number of benzene rings is 2. The molecular weight excluding hydrogens is 325 g/mol. The molecule has 0 unspecified atom stereocenters. The summed E-state index contributed by atoms with van der Waals surface area (Å²) in [7, 11) is 0. The van der Waals surface area contributed by atoms with Gasteiger partial charge in [-0.05, 0) is 42.8 Å². The lowest BCUT2D eigenvalue weighted by molar-refractivity contribution is 0.0982. The lowest BCUT2D eigenvalue weighted by Gasteiger charge is -2.05. The van der Waals surface area contributed by atoms with Crippen LogP contribution in [-0.4, -0.2) is 26.3 Å². The summed E-state index contributed by atoms with van der Waals surface area (Å²) in [5, 5.41) is 8.89. The van der Waals surface area contributed by atoms with Crippen LogP contribution >= 0.6 is 11.8 Å². The summed E-state index contributed by atoms with van der Waals surface area (Å²) >= 11 is 1.57. The van der Waals surface area contributed by atoms with Crippen molar-refractivity contribution in [3.05, 3.63) is 72.3 Å². The summed E-state index contributed by atoms with van der Waals surface area (Å²) in [6.45, 7) is 0. The van der Waals surface area contributed by atoms with Crippen LogP contribution in [0.2, 0.25) is 0 Å². The molecule has 24 heavy (non-hydrogen) atoms. The summed E-state index contributed by atoms with van der Waals surface area (Å²) in [5.74, 6) is 0.459. The zero-order valence-electron chi connectivity index (χ0n) is 12.9. The van der Waals surface area contributed by atoms with Gasteiger partial charge in [-0.25, -0.2) is 4.39 Å². The fraction of sp³-hybridized carbons (Fsp3) is 0.167. The standard InChI is InChI=1S/C18H16FN3OS/c19-15-10-8-14(9-11-15)17(23)7-4-12-24-18-21-20-13-22(18)16-5-2-1-3-6-16/h1-3,5-6,8-11,13H,4,7,12H2. The highest BCUT2D eigenvalue weighted by Crippen LogP contribution is 2.20. The van der Waals surface area contributed by atoms with Gasteiger partial charge >= 0.3 is 0 Å². The van der Waals surface area contributed by atoms with Crippen LogP contribution in [0.3, 0.4) is 0 Å². The summed E-state index contributed by atoms with van der Waals surface area (Å²) in [5.41, 5.74) is 1.56. The molecule has 0 N–H and O–H groups in total. The number of hydrogen-bond acceptors (Lipinski definition) is 4. The van der Waals surface area contributed by atoms with Crippen molar-refractivity contribution >= 4 is 17.5 Å². The van der Waals surface area contributed by atoms with Crippen molar-refractivity contribution in [3.8, 4) is 5.69 Å². The van der Waals surface area contributed by atoms with Gasteiger partial charge in [0.15, 0.2) is 10.9 Å². The SMILES string of the molecule is O=C(CCCSc1nncn1-c1ccccc1)c1ccc(F)cc1. The highest BCUT2D eigenvalue weighted by atomic mass is 32.2. The first-order chi connectivity index (χ1) is 11.7. The molecule has 0 bridgehead atoms. The largest absolute Gasteiger partial charge is 0.294 e. The average Bonchev–Trinajstić information content (AvgIpc) is 3.08. The van der Waals surface area contributed by atoms with E-state index in [2.05, 4.69) is 10.2 Å². The van der Waals surface area contributed by atoms with Crippen LogP contribution in [0.4, 0.5) is 4.39 Å². The van der Waals surface area contributed by atoms with Crippen molar-refractivity contribution < 1.29 is 9.18 Å². The van der Waals surface area contributed by atoms with Gasteiger partial charge in [0.05, 0.1) is 0 Å². The number of nitrogens with zero attached hydrogens (tertiary/aromatic N) is 3. The van der Waals surface area contributed by atoms with Crippen molar-refractivity contribution in [2.45, 2.75) is 18.0 Å². The Balaban J connectivity index is 1.52. The van der Waals surface area contributed by atoms with Crippen LogP contribution in [0.5, 0.6) is 0 Å². The van der Waals surface area contributed by atoms with Crippen LogP contribution < -0.4 is 0 Å². The van der Waals surface area contributed by atoms with Gasteiger partial charge in [0.1, 0.15) is 12.1 Å². The molecule has 3 aromatic rings. The van der Waals surface area contributed by atoms with Crippen LogP contribution in [0, 0.1) is 5.82 Å². The number of hydrogen-bond donors (Lipinski definition) is 0. The number of para-hydroxylation sites is 1. The van der Waals surface area contributed by atoms with Crippen LogP contribution in [0.25, 0.3) is 5.69 Å². The monoisotopic (exact) mass is 341 g/mol. The second-order valence-corrected chi connectivity index (χ2v) is 6.26. The average molecular weight is 341 g/mol. The van der Waals surface area contributed by atoms with Crippen molar-refractivity contribution in [2.75, 3.05) is 5.75 Å². The Hall–Kier alpha value is -2.47. The van der Waals surface area contributed by atoms with Crippen LogP contribution in [0.15, 0.2) is 66.1 Å². The van der Waals surface area contributed by atoms with Crippen molar-refractivity contribution in [3.63, 3.8) is 0 Å². The molecule has 0 amide bonds. The first-order valence-electron chi connectivity index (χ1n) is 7.61. The number of carbonyl (C=O) groups excluding carboxylic acids is 1. The molecule has 1 aromatic heterocycles. The summed E-state index contributed by atoms with van der Waals surface area (Å²) in [6, 6.07) is 15.5. The molecule has 1 heterocycles. The number of halogens is 1. The van der Waals surface area contributed by atoms with E-state index in [0.29, 0.717) is 12.0 Å². The van der Waals surface area contributed by atoms with E-state index in [1.54, 1.807) is 18.1 Å². The normalized spacial score (nSPS) is 10.7. The molecule has 0 aliphatic heterocycles. The zero-order valence-corrected chi connectivity index (χ0v) is 13.7. The van der Waals surface area contributed by atoms with Gasteiger partial charge in [0.25, 0.3) is 0 Å². The first kappa shape index (κ1) is 16.4. The van der Waals surface area contributed by atoms with E-state index in [0.717, 1.165) is 23.0 Å². The Morgan fingerprint density at radius 1 is 1.08 bits per heavy atom. The summed E-state index contributed by atoms with van der Waals surface area (Å²) in [4.78, 5) is 12.0. The van der Waals surface area contributed by atoms with E-state index in [1.165, 1.54) is 24.3 Å². The van der Waals surface area contributed by atoms with Crippen molar-refractivity contribution in [1.82, 2.24) is 14.8 Å². The molecule has 0 aliphatic rings. The maximum atomic E-state index is 12.9. The second-order valence-electron chi connectivity index (χ2n) is 5.20. The van der Waals surface area contributed by atoms with Gasteiger partial charge < -0.3 is 0 Å². The number of aromatic nitrogens is 3. The topological polar surface area (TPSA) is 47.8 Å². The van der Waals surface area contributed by atoms with Crippen LogP contribution in [0.1, 0.15) is 23.2 Å². The fourth-order valence-electron chi connectivity index (χ4n) is 2.26. The molecule has 0 fully saturated rings. The number of ketones is 1. The fourth-order valence-corrected chi connectivity index (χ4v) is 3.13. The highest BCUT2D eigenvalue weighted by Gasteiger charge is 2.09. The van der Waals surface area contributed by atoms with E-state index >= 15 is 0 Å². The predicted octanol–water partition coefficient (Wildman–Crippen LogP) is 4.16. The number of thioether (sulfide) groups is 1. The molecule has 122 valence electrons. The van der Waals surface area contributed by atoms with Crippen molar-refractivity contribution in [2.24, 2.45) is 0 Å². The lowest BCUT2D eigenvalue weighted by atomic mass is 10.1. The quantitative estimate of drug-likeness (QED) is 0.368. The maximum absolute atomic E-state index is 12.9. The van der Waals surface area contributed by atoms with Gasteiger partial charge in [0, 0.05) is 23.4 Å². The number of rotatable bonds is 7. The third-order valence-corrected chi connectivity index (χ3v) is 4.53. The lowest BCUT2D eigenvalue weighted by Crippen LogP contribution is -2.00. The van der Waals surface area contributed by atoms with E-state index in [-0.39, 0.29) is 11.6 Å². The summed E-state index contributed by atoms with van der Waals surface area (Å²) < 4.78 is 14.8. The van der Waals surface area contributed by atoms with E-state index in [1.807, 2.05) is 34.9 Å².